The average molecular weight is 321 g/mol. The molecule has 0 spiro atoms. The first kappa shape index (κ1) is 17.4. The minimum Gasteiger partial charge on any atom is -0.489 e. The molecule has 0 aliphatic heterocycles. The molecule has 0 aliphatic rings. The summed E-state index contributed by atoms with van der Waals surface area (Å²) < 4.78 is 31.7. The Morgan fingerprint density at radius 3 is 2.61 bits per heavy atom. The van der Waals surface area contributed by atoms with E-state index in [1.54, 1.807) is 0 Å². The Bertz CT molecular complexity index is 649. The molecular weight excluding hydrogens is 300 g/mol. The molecule has 2 unspecified atom stereocenters. The molecule has 0 aromatic heterocycles. The van der Waals surface area contributed by atoms with Crippen LogP contribution in [0.3, 0.4) is 0 Å². The summed E-state index contributed by atoms with van der Waals surface area (Å²) in [7, 11) is 0. The van der Waals surface area contributed by atoms with Crippen molar-refractivity contribution in [2.75, 3.05) is 6.61 Å². The van der Waals surface area contributed by atoms with Gasteiger partial charge in [0, 0.05) is 18.2 Å². The van der Waals surface area contributed by atoms with Gasteiger partial charge in [-0.1, -0.05) is 24.3 Å². The van der Waals surface area contributed by atoms with Gasteiger partial charge < -0.3 is 15.2 Å². The maximum Gasteiger partial charge on any atom is 0.167 e. The summed E-state index contributed by atoms with van der Waals surface area (Å²) in [6.45, 7) is 4.19. The number of aliphatic hydroxyl groups is 1. The van der Waals surface area contributed by atoms with Gasteiger partial charge in [0.15, 0.2) is 11.6 Å². The van der Waals surface area contributed by atoms with Crippen molar-refractivity contribution in [1.29, 1.82) is 0 Å². The highest BCUT2D eigenvalue weighted by atomic mass is 19.1. The zero-order valence-corrected chi connectivity index (χ0v) is 13.2. The third kappa shape index (κ3) is 5.01. The van der Waals surface area contributed by atoms with E-state index in [0.29, 0.717) is 0 Å². The molecule has 0 aliphatic carbocycles. The van der Waals surface area contributed by atoms with Crippen LogP contribution in [0.4, 0.5) is 8.78 Å². The smallest absolute Gasteiger partial charge is 0.167 e. The first-order valence-electron chi connectivity index (χ1n) is 7.53. The zero-order chi connectivity index (χ0) is 16.8. The first-order chi connectivity index (χ1) is 11.0. The predicted octanol–water partition coefficient (Wildman–Crippen LogP) is 3.58. The molecule has 0 fully saturated rings. The number of hydrogen-bond donors (Lipinski definition) is 2. The lowest BCUT2D eigenvalue weighted by Crippen LogP contribution is -2.34. The molecular formula is C18H21F2NO2. The number of ether oxygens (including phenoxy) is 1. The van der Waals surface area contributed by atoms with Crippen LogP contribution in [0.15, 0.2) is 42.5 Å². The fourth-order valence-corrected chi connectivity index (χ4v) is 2.34. The van der Waals surface area contributed by atoms with E-state index in [0.717, 1.165) is 17.2 Å². The van der Waals surface area contributed by atoms with E-state index in [1.165, 1.54) is 12.1 Å². The van der Waals surface area contributed by atoms with Crippen molar-refractivity contribution in [2.24, 2.45) is 0 Å². The highest BCUT2D eigenvalue weighted by Gasteiger charge is 2.12. The molecule has 0 radical (unpaired) electrons. The van der Waals surface area contributed by atoms with Crippen LogP contribution in [-0.4, -0.2) is 17.8 Å². The van der Waals surface area contributed by atoms with E-state index >= 15 is 0 Å². The Kier molecular flexibility index (Phi) is 6.07. The van der Waals surface area contributed by atoms with Crippen molar-refractivity contribution in [1.82, 2.24) is 5.32 Å². The van der Waals surface area contributed by atoms with Gasteiger partial charge in [-0.05, 0) is 37.1 Å². The standard InChI is InChI=1S/C18H21F2NO2/c1-12(11-23-18-7-6-16(19)9-17(18)20)21-13(2)15-5-3-4-14(8-15)10-22/h3-9,12-13,21-22H,10-11H2,1-2H3. The number of aliphatic hydroxyl groups excluding tert-OH is 1. The van der Waals surface area contributed by atoms with E-state index in [2.05, 4.69) is 5.32 Å². The van der Waals surface area contributed by atoms with Gasteiger partial charge in [0.05, 0.1) is 6.61 Å². The van der Waals surface area contributed by atoms with E-state index in [-0.39, 0.29) is 31.0 Å². The van der Waals surface area contributed by atoms with Gasteiger partial charge in [0.1, 0.15) is 12.4 Å². The first-order valence-corrected chi connectivity index (χ1v) is 7.53. The van der Waals surface area contributed by atoms with Crippen LogP contribution < -0.4 is 10.1 Å². The second kappa shape index (κ2) is 8.04. The average Bonchev–Trinajstić information content (AvgIpc) is 2.54. The fraction of sp³-hybridized carbons (Fsp3) is 0.333. The molecule has 23 heavy (non-hydrogen) atoms. The summed E-state index contributed by atoms with van der Waals surface area (Å²) in [5.41, 5.74) is 1.91. The molecule has 2 N–H and O–H groups in total. The Balaban J connectivity index is 1.89. The lowest BCUT2D eigenvalue weighted by Gasteiger charge is -2.21. The number of halogens is 2. The zero-order valence-electron chi connectivity index (χ0n) is 13.2. The van der Waals surface area contributed by atoms with Crippen molar-refractivity contribution < 1.29 is 18.6 Å². The molecule has 2 aromatic rings. The van der Waals surface area contributed by atoms with Crippen LogP contribution in [0, 0.1) is 11.6 Å². The molecule has 0 saturated carbocycles. The topological polar surface area (TPSA) is 41.5 Å². The maximum absolute atomic E-state index is 13.5. The highest BCUT2D eigenvalue weighted by molar-refractivity contribution is 5.26. The molecule has 0 amide bonds. The lowest BCUT2D eigenvalue weighted by molar-refractivity contribution is 0.253. The molecule has 5 heteroatoms. The molecule has 2 aromatic carbocycles. The summed E-state index contributed by atoms with van der Waals surface area (Å²) in [6, 6.07) is 10.9. The monoisotopic (exact) mass is 321 g/mol. The molecule has 0 saturated heterocycles. The largest absolute Gasteiger partial charge is 0.489 e. The Morgan fingerprint density at radius 1 is 1.13 bits per heavy atom. The van der Waals surface area contributed by atoms with Crippen molar-refractivity contribution in [2.45, 2.75) is 32.5 Å². The van der Waals surface area contributed by atoms with Gasteiger partial charge >= 0.3 is 0 Å². The molecule has 2 rings (SSSR count). The molecule has 0 bridgehead atoms. The van der Waals surface area contributed by atoms with Gasteiger partial charge in [-0.15, -0.1) is 0 Å². The minimum absolute atomic E-state index is 0.00304. The summed E-state index contributed by atoms with van der Waals surface area (Å²) in [5, 5.41) is 12.5. The highest BCUT2D eigenvalue weighted by Crippen LogP contribution is 2.19. The second-order valence-electron chi connectivity index (χ2n) is 5.58. The SMILES string of the molecule is CC(COc1ccc(F)cc1F)NC(C)c1cccc(CO)c1. The van der Waals surface area contributed by atoms with Crippen LogP contribution >= 0.6 is 0 Å². The van der Waals surface area contributed by atoms with Crippen LogP contribution in [0.2, 0.25) is 0 Å². The summed E-state index contributed by atoms with van der Waals surface area (Å²) in [4.78, 5) is 0. The summed E-state index contributed by atoms with van der Waals surface area (Å²) >= 11 is 0. The predicted molar refractivity (Wildman–Crippen MR) is 85.2 cm³/mol. The van der Waals surface area contributed by atoms with Gasteiger partial charge in [0.2, 0.25) is 0 Å². The molecule has 0 heterocycles. The van der Waals surface area contributed by atoms with E-state index < -0.39 is 11.6 Å². The lowest BCUT2D eigenvalue weighted by atomic mass is 10.0. The third-order valence-electron chi connectivity index (χ3n) is 3.55. The maximum atomic E-state index is 13.5. The van der Waals surface area contributed by atoms with Crippen molar-refractivity contribution in [3.63, 3.8) is 0 Å². The number of nitrogens with one attached hydrogen (secondary N) is 1. The van der Waals surface area contributed by atoms with E-state index in [1.807, 2.05) is 38.1 Å². The van der Waals surface area contributed by atoms with Crippen LogP contribution in [0.25, 0.3) is 0 Å². The number of rotatable bonds is 7. The number of benzene rings is 2. The molecule has 2 atom stereocenters. The quantitative estimate of drug-likeness (QED) is 0.819. The Hall–Kier alpha value is -1.98. The minimum atomic E-state index is -0.708. The normalized spacial score (nSPS) is 13.6. The third-order valence-corrected chi connectivity index (χ3v) is 3.55. The summed E-state index contributed by atoms with van der Waals surface area (Å²) in [6.07, 6.45) is 0. The van der Waals surface area contributed by atoms with Crippen molar-refractivity contribution in [3.05, 3.63) is 65.2 Å². The van der Waals surface area contributed by atoms with Gasteiger partial charge in [-0.25, -0.2) is 8.78 Å². The van der Waals surface area contributed by atoms with Crippen molar-refractivity contribution in [3.8, 4) is 5.75 Å². The van der Waals surface area contributed by atoms with Gasteiger partial charge in [-0.3, -0.25) is 0 Å². The van der Waals surface area contributed by atoms with E-state index in [4.69, 9.17) is 4.74 Å². The Morgan fingerprint density at radius 2 is 1.91 bits per heavy atom. The van der Waals surface area contributed by atoms with Gasteiger partial charge in [0.25, 0.3) is 0 Å². The summed E-state index contributed by atoms with van der Waals surface area (Å²) in [5.74, 6) is -1.30. The molecule has 3 nitrogen and oxygen atoms in total. The van der Waals surface area contributed by atoms with Gasteiger partial charge in [-0.2, -0.15) is 0 Å². The Labute approximate surface area is 134 Å². The van der Waals surface area contributed by atoms with Crippen LogP contribution in [0.5, 0.6) is 5.75 Å². The van der Waals surface area contributed by atoms with Crippen LogP contribution in [-0.2, 0) is 6.61 Å². The van der Waals surface area contributed by atoms with Crippen molar-refractivity contribution >= 4 is 0 Å². The second-order valence-corrected chi connectivity index (χ2v) is 5.58. The molecule has 124 valence electrons. The fourth-order valence-electron chi connectivity index (χ4n) is 2.34. The van der Waals surface area contributed by atoms with E-state index in [9.17, 15) is 13.9 Å². The van der Waals surface area contributed by atoms with Crippen LogP contribution in [0.1, 0.15) is 31.0 Å². The number of hydrogen-bond acceptors (Lipinski definition) is 3.